The lowest BCUT2D eigenvalue weighted by atomic mass is 10.0. The standard InChI is InChI=1S/C15H25N3O/c1-11(2)16-15(19)17-9-7-14(8-10-17)18-12(3)5-6-13(18)4/h5-6,11,14H,7-10H2,1-4H3,(H,16,19). The summed E-state index contributed by atoms with van der Waals surface area (Å²) in [5, 5.41) is 2.97. The molecule has 1 aliphatic heterocycles. The van der Waals surface area contributed by atoms with E-state index < -0.39 is 0 Å². The third-order valence-corrected chi connectivity index (χ3v) is 3.85. The van der Waals surface area contributed by atoms with E-state index in [2.05, 4.69) is 35.9 Å². The van der Waals surface area contributed by atoms with Crippen LogP contribution in [0, 0.1) is 13.8 Å². The number of aryl methyl sites for hydroxylation is 2. The van der Waals surface area contributed by atoms with Gasteiger partial charge in [0, 0.05) is 36.6 Å². The molecule has 2 rings (SSSR count). The molecule has 1 N–H and O–H groups in total. The molecular weight excluding hydrogens is 238 g/mol. The predicted octanol–water partition coefficient (Wildman–Crippen LogP) is 2.86. The van der Waals surface area contributed by atoms with Gasteiger partial charge in [-0.25, -0.2) is 4.79 Å². The van der Waals surface area contributed by atoms with Crippen molar-refractivity contribution in [1.82, 2.24) is 14.8 Å². The number of carbonyl (C=O) groups excluding carboxylic acids is 1. The van der Waals surface area contributed by atoms with Crippen molar-refractivity contribution in [2.45, 2.75) is 52.6 Å². The molecule has 4 heteroatoms. The number of carbonyl (C=O) groups is 1. The Morgan fingerprint density at radius 1 is 1.21 bits per heavy atom. The van der Waals surface area contributed by atoms with E-state index in [9.17, 15) is 4.79 Å². The maximum absolute atomic E-state index is 11.9. The molecular formula is C15H25N3O. The summed E-state index contributed by atoms with van der Waals surface area (Å²) in [6.07, 6.45) is 2.09. The molecule has 0 aromatic carbocycles. The Bertz CT molecular complexity index is 423. The zero-order chi connectivity index (χ0) is 14.0. The van der Waals surface area contributed by atoms with Crippen molar-refractivity contribution >= 4 is 6.03 Å². The van der Waals surface area contributed by atoms with Gasteiger partial charge in [0.05, 0.1) is 0 Å². The highest BCUT2D eigenvalue weighted by atomic mass is 16.2. The monoisotopic (exact) mass is 263 g/mol. The smallest absolute Gasteiger partial charge is 0.317 e. The molecule has 1 aromatic heterocycles. The number of hydrogen-bond donors (Lipinski definition) is 1. The van der Waals surface area contributed by atoms with E-state index in [0.29, 0.717) is 6.04 Å². The van der Waals surface area contributed by atoms with Crippen LogP contribution >= 0.6 is 0 Å². The van der Waals surface area contributed by atoms with Gasteiger partial charge in [-0.05, 0) is 52.7 Å². The zero-order valence-corrected chi connectivity index (χ0v) is 12.4. The zero-order valence-electron chi connectivity index (χ0n) is 12.4. The summed E-state index contributed by atoms with van der Waals surface area (Å²) in [4.78, 5) is 13.9. The molecule has 0 radical (unpaired) electrons. The van der Waals surface area contributed by atoms with Crippen LogP contribution in [0.3, 0.4) is 0 Å². The summed E-state index contributed by atoms with van der Waals surface area (Å²) in [6, 6.07) is 5.17. The Labute approximate surface area is 115 Å². The molecule has 1 saturated heterocycles. The van der Waals surface area contributed by atoms with Gasteiger partial charge >= 0.3 is 6.03 Å². The van der Waals surface area contributed by atoms with Gasteiger partial charge in [-0.2, -0.15) is 0 Å². The molecule has 1 aliphatic rings. The van der Waals surface area contributed by atoms with Crippen LogP contribution in [-0.4, -0.2) is 34.6 Å². The molecule has 0 unspecified atom stereocenters. The number of aromatic nitrogens is 1. The largest absolute Gasteiger partial charge is 0.346 e. The third-order valence-electron chi connectivity index (χ3n) is 3.85. The topological polar surface area (TPSA) is 37.3 Å². The summed E-state index contributed by atoms with van der Waals surface area (Å²) in [6.45, 7) is 10.0. The second-order valence-electron chi connectivity index (χ2n) is 5.81. The molecule has 0 saturated carbocycles. The fraction of sp³-hybridized carbons (Fsp3) is 0.667. The number of likely N-dealkylation sites (tertiary alicyclic amines) is 1. The number of piperidine rings is 1. The highest BCUT2D eigenvalue weighted by molar-refractivity contribution is 5.74. The van der Waals surface area contributed by atoms with Gasteiger partial charge < -0.3 is 14.8 Å². The molecule has 1 fully saturated rings. The summed E-state index contributed by atoms with van der Waals surface area (Å²) >= 11 is 0. The van der Waals surface area contributed by atoms with Crippen LogP contribution in [0.5, 0.6) is 0 Å². The average molecular weight is 263 g/mol. The van der Waals surface area contributed by atoms with Crippen molar-refractivity contribution in [3.63, 3.8) is 0 Å². The summed E-state index contributed by atoms with van der Waals surface area (Å²) in [5.41, 5.74) is 2.64. The fourth-order valence-electron chi connectivity index (χ4n) is 2.92. The minimum absolute atomic E-state index is 0.0781. The van der Waals surface area contributed by atoms with Crippen LogP contribution in [0.4, 0.5) is 4.79 Å². The minimum atomic E-state index is 0.0781. The molecule has 106 valence electrons. The van der Waals surface area contributed by atoms with Crippen LogP contribution < -0.4 is 5.32 Å². The Morgan fingerprint density at radius 2 is 1.74 bits per heavy atom. The molecule has 0 atom stereocenters. The molecule has 0 aliphatic carbocycles. The van der Waals surface area contributed by atoms with E-state index in [1.54, 1.807) is 0 Å². The molecule has 19 heavy (non-hydrogen) atoms. The lowest BCUT2D eigenvalue weighted by Crippen LogP contribution is -2.46. The van der Waals surface area contributed by atoms with Gasteiger partial charge in [-0.3, -0.25) is 0 Å². The summed E-state index contributed by atoms with van der Waals surface area (Å²) < 4.78 is 2.41. The van der Waals surface area contributed by atoms with E-state index in [-0.39, 0.29) is 12.1 Å². The lowest BCUT2D eigenvalue weighted by molar-refractivity contribution is 0.169. The van der Waals surface area contributed by atoms with E-state index in [0.717, 1.165) is 25.9 Å². The summed E-state index contributed by atoms with van der Waals surface area (Å²) in [7, 11) is 0. The molecule has 1 aromatic rings. The van der Waals surface area contributed by atoms with E-state index >= 15 is 0 Å². The Balaban J connectivity index is 1.94. The van der Waals surface area contributed by atoms with Crippen LogP contribution in [0.25, 0.3) is 0 Å². The van der Waals surface area contributed by atoms with Crippen molar-refractivity contribution in [3.8, 4) is 0 Å². The number of hydrogen-bond acceptors (Lipinski definition) is 1. The normalized spacial score (nSPS) is 17.0. The minimum Gasteiger partial charge on any atom is -0.346 e. The first-order valence-corrected chi connectivity index (χ1v) is 7.19. The lowest BCUT2D eigenvalue weighted by Gasteiger charge is -2.34. The van der Waals surface area contributed by atoms with Crippen molar-refractivity contribution in [3.05, 3.63) is 23.5 Å². The maximum atomic E-state index is 11.9. The molecule has 2 heterocycles. The fourth-order valence-corrected chi connectivity index (χ4v) is 2.92. The average Bonchev–Trinajstić information content (AvgIpc) is 2.68. The van der Waals surface area contributed by atoms with Gasteiger partial charge in [0.25, 0.3) is 0 Å². The number of rotatable bonds is 2. The van der Waals surface area contributed by atoms with Crippen molar-refractivity contribution in [1.29, 1.82) is 0 Å². The number of amides is 2. The van der Waals surface area contributed by atoms with Crippen LogP contribution in [0.2, 0.25) is 0 Å². The first-order chi connectivity index (χ1) is 8.99. The molecule has 4 nitrogen and oxygen atoms in total. The maximum Gasteiger partial charge on any atom is 0.317 e. The highest BCUT2D eigenvalue weighted by Gasteiger charge is 2.25. The highest BCUT2D eigenvalue weighted by Crippen LogP contribution is 2.26. The van der Waals surface area contributed by atoms with Gasteiger partial charge in [0.1, 0.15) is 0 Å². The second-order valence-corrected chi connectivity index (χ2v) is 5.81. The Morgan fingerprint density at radius 3 is 2.21 bits per heavy atom. The number of nitrogens with zero attached hydrogens (tertiary/aromatic N) is 2. The predicted molar refractivity (Wildman–Crippen MR) is 77.4 cm³/mol. The van der Waals surface area contributed by atoms with Gasteiger partial charge in [-0.1, -0.05) is 0 Å². The van der Waals surface area contributed by atoms with Crippen molar-refractivity contribution < 1.29 is 4.79 Å². The van der Waals surface area contributed by atoms with Gasteiger partial charge in [0.2, 0.25) is 0 Å². The van der Waals surface area contributed by atoms with E-state index in [1.165, 1.54) is 11.4 Å². The second kappa shape index (κ2) is 5.68. The quantitative estimate of drug-likeness (QED) is 0.875. The van der Waals surface area contributed by atoms with Gasteiger partial charge in [-0.15, -0.1) is 0 Å². The first kappa shape index (κ1) is 14.0. The molecule has 0 bridgehead atoms. The van der Waals surface area contributed by atoms with Gasteiger partial charge in [0.15, 0.2) is 0 Å². The molecule has 0 spiro atoms. The third kappa shape index (κ3) is 3.11. The van der Waals surface area contributed by atoms with Crippen LogP contribution in [0.1, 0.15) is 44.1 Å². The van der Waals surface area contributed by atoms with Crippen LogP contribution in [-0.2, 0) is 0 Å². The van der Waals surface area contributed by atoms with Crippen molar-refractivity contribution in [2.24, 2.45) is 0 Å². The van der Waals surface area contributed by atoms with Crippen molar-refractivity contribution in [2.75, 3.05) is 13.1 Å². The Kier molecular flexibility index (Phi) is 4.17. The Hall–Kier alpha value is -1.45. The summed E-state index contributed by atoms with van der Waals surface area (Å²) in [5.74, 6) is 0. The molecule has 2 amide bonds. The van der Waals surface area contributed by atoms with E-state index in [1.807, 2.05) is 18.7 Å². The number of urea groups is 1. The van der Waals surface area contributed by atoms with E-state index in [4.69, 9.17) is 0 Å². The van der Waals surface area contributed by atoms with Crippen LogP contribution in [0.15, 0.2) is 12.1 Å². The SMILES string of the molecule is Cc1ccc(C)n1C1CCN(C(=O)NC(C)C)CC1. The number of nitrogens with one attached hydrogen (secondary N) is 1. The first-order valence-electron chi connectivity index (χ1n) is 7.19.